The van der Waals surface area contributed by atoms with E-state index >= 15 is 0 Å². The smallest absolute Gasteiger partial charge is 0.311 e. The molecule has 5 N–H and O–H groups in total. The van der Waals surface area contributed by atoms with E-state index < -0.39 is 108 Å². The molecule has 0 saturated carbocycles. The second kappa shape index (κ2) is 20.4. The van der Waals surface area contributed by atoms with E-state index in [4.69, 9.17) is 43.1 Å². The maximum absolute atomic E-state index is 14.2. The van der Waals surface area contributed by atoms with Crippen molar-refractivity contribution in [1.82, 2.24) is 4.90 Å². The van der Waals surface area contributed by atoms with Crippen LogP contribution in [0.2, 0.25) is 0 Å². The predicted octanol–water partition coefficient (Wildman–Crippen LogP) is 2.53. The fraction of sp³-hybridized carbons (Fsp3) is 0.925. The lowest BCUT2D eigenvalue weighted by atomic mass is 9.74. The summed E-state index contributed by atoms with van der Waals surface area (Å²) in [6, 6.07) is -0.283. The minimum atomic E-state index is -1.96. The summed E-state index contributed by atoms with van der Waals surface area (Å²) in [5, 5.41) is 53.0. The molecule has 18 atom stereocenters. The van der Waals surface area contributed by atoms with Gasteiger partial charge in [-0.05, 0) is 74.9 Å². The zero-order valence-electron chi connectivity index (χ0n) is 36.3. The Hall–Kier alpha value is -1.83. The highest BCUT2D eigenvalue weighted by atomic mass is 16.7. The quantitative estimate of drug-likeness (QED) is 0.223. The SMILES string of the molecule is CC(=O)O.CC[C@@H]1OC(=O)[C@H](C)[C@H](O[C@H]2C[C@@](C)(OC)[C@@H](O)[C@H](C)O2)[C@H](C)[C@@H](O[C@@H]2O[C@H](C)C[C@H](N(C)C)[C@H]2O)[C@@](C)(OC)C[C@@H](C)C(=O)[C@@H](C)[C@@H](O)[C@]1(C)O. The van der Waals surface area contributed by atoms with E-state index in [2.05, 4.69) is 0 Å². The molecule has 16 nitrogen and oxygen atoms in total. The third-order valence-corrected chi connectivity index (χ3v) is 12.3. The van der Waals surface area contributed by atoms with Gasteiger partial charge in [-0.25, -0.2) is 0 Å². The van der Waals surface area contributed by atoms with Gasteiger partial charge in [0.2, 0.25) is 0 Å². The van der Waals surface area contributed by atoms with E-state index in [0.29, 0.717) is 6.42 Å². The zero-order valence-corrected chi connectivity index (χ0v) is 36.3. The number of ether oxygens (including phenoxy) is 7. The third-order valence-electron chi connectivity index (χ3n) is 12.3. The molecule has 0 aromatic heterocycles. The molecule has 0 bridgehead atoms. The number of likely N-dealkylation sites (N-methyl/N-ethyl adjacent to an activating group) is 1. The van der Waals surface area contributed by atoms with E-state index in [-0.39, 0.29) is 37.2 Å². The Balaban J connectivity index is 0.00000258. The number of hydrogen-bond acceptors (Lipinski definition) is 15. The average Bonchev–Trinajstić information content (AvgIpc) is 3.12. The number of aliphatic hydroxyl groups is 4. The number of Topliss-reactive ketones (excluding diaryl/α,β-unsaturated/α-hetero) is 1. The number of cyclic esters (lactones) is 1. The summed E-state index contributed by atoms with van der Waals surface area (Å²) in [4.78, 5) is 39.1. The Kier molecular flexibility index (Phi) is 18.4. The van der Waals surface area contributed by atoms with Gasteiger partial charge in [-0.3, -0.25) is 14.4 Å². The molecule has 16 heteroatoms. The van der Waals surface area contributed by atoms with Crippen molar-refractivity contribution >= 4 is 17.7 Å². The van der Waals surface area contributed by atoms with Crippen LogP contribution in [0.4, 0.5) is 0 Å². The Morgan fingerprint density at radius 3 is 1.93 bits per heavy atom. The fourth-order valence-corrected chi connectivity index (χ4v) is 8.58. The predicted molar refractivity (Wildman–Crippen MR) is 204 cm³/mol. The van der Waals surface area contributed by atoms with E-state index in [0.717, 1.165) is 6.92 Å². The Labute approximate surface area is 333 Å². The number of hydrogen-bond donors (Lipinski definition) is 5. The topological polar surface area (TPSA) is 220 Å². The standard InChI is InChI=1S/C38H69NO13.C2H4O2/c1-15-26-38(10,45)31(42)21(4)28(40)19(2)17-37(9,47-14)33(52-35-29(41)25(39(11)12)16-20(3)48-35)22(5)30(23(6)34(44)50-26)51-27-18-36(8,46-13)32(43)24(7)49-27;1-2(3)4/h19-27,29-33,35,41-43,45H,15-18H2,1-14H3;1H3,(H,3,4)/t19-,20-,21-,22+,23-,24+,25+,26+,27+,29-,30-,31-,32+,33-,35+,36-,37+,38-;/m1./s1. The molecule has 3 fully saturated rings. The van der Waals surface area contributed by atoms with Crippen LogP contribution in [0, 0.1) is 23.7 Å². The van der Waals surface area contributed by atoms with E-state index in [1.165, 1.54) is 21.1 Å². The first-order valence-electron chi connectivity index (χ1n) is 19.8. The molecule has 3 aliphatic rings. The summed E-state index contributed by atoms with van der Waals surface area (Å²) in [7, 11) is 6.77. The molecular formula is C40H73NO15. The number of ketones is 1. The number of rotatable bonds is 8. The second-order valence-corrected chi connectivity index (χ2v) is 17.2. The molecule has 328 valence electrons. The van der Waals surface area contributed by atoms with Gasteiger partial charge in [0.1, 0.15) is 29.7 Å². The Morgan fingerprint density at radius 1 is 0.875 bits per heavy atom. The van der Waals surface area contributed by atoms with E-state index in [1.54, 1.807) is 48.5 Å². The first kappa shape index (κ1) is 50.3. The summed E-state index contributed by atoms with van der Waals surface area (Å²) in [5.74, 6) is -5.30. The number of methoxy groups -OCH3 is 2. The highest BCUT2D eigenvalue weighted by Crippen LogP contribution is 2.41. The van der Waals surface area contributed by atoms with E-state index in [1.807, 2.05) is 32.8 Å². The normalized spacial score (nSPS) is 46.0. The van der Waals surface area contributed by atoms with Crippen molar-refractivity contribution in [1.29, 1.82) is 0 Å². The monoisotopic (exact) mass is 807 g/mol. The maximum Gasteiger partial charge on any atom is 0.311 e. The highest BCUT2D eigenvalue weighted by molar-refractivity contribution is 5.83. The molecule has 3 heterocycles. The van der Waals surface area contributed by atoms with Crippen LogP contribution in [0.25, 0.3) is 0 Å². The molecule has 0 aromatic rings. The minimum Gasteiger partial charge on any atom is -0.481 e. The van der Waals surface area contributed by atoms with Crippen LogP contribution in [0.15, 0.2) is 0 Å². The lowest BCUT2D eigenvalue weighted by Gasteiger charge is -2.50. The van der Waals surface area contributed by atoms with Crippen LogP contribution in [0.5, 0.6) is 0 Å². The van der Waals surface area contributed by atoms with Gasteiger partial charge in [0.15, 0.2) is 12.6 Å². The summed E-state index contributed by atoms with van der Waals surface area (Å²) in [5.41, 5.74) is -4.24. The number of carboxylic acid groups (broad SMARTS) is 1. The lowest BCUT2D eigenvalue weighted by Crippen LogP contribution is -2.61. The second-order valence-electron chi connectivity index (χ2n) is 17.2. The molecule has 0 unspecified atom stereocenters. The van der Waals surface area contributed by atoms with Gasteiger partial charge < -0.3 is 63.6 Å². The average molecular weight is 808 g/mol. The number of carbonyl (C=O) groups excluding carboxylic acids is 2. The maximum atomic E-state index is 14.2. The van der Waals surface area contributed by atoms with E-state index in [9.17, 15) is 30.0 Å². The number of aliphatic hydroxyl groups excluding tert-OH is 3. The summed E-state index contributed by atoms with van der Waals surface area (Å²) >= 11 is 0. The molecule has 0 spiro atoms. The summed E-state index contributed by atoms with van der Waals surface area (Å²) in [6.07, 6.45) is -8.73. The van der Waals surface area contributed by atoms with Crippen molar-refractivity contribution < 1.29 is 73.1 Å². The molecule has 0 aromatic carbocycles. The third kappa shape index (κ3) is 11.7. The van der Waals surface area contributed by atoms with Gasteiger partial charge in [0.25, 0.3) is 5.97 Å². The van der Waals surface area contributed by atoms with Gasteiger partial charge in [-0.1, -0.05) is 27.7 Å². The van der Waals surface area contributed by atoms with Crippen molar-refractivity contribution in [2.75, 3.05) is 28.3 Å². The van der Waals surface area contributed by atoms with Gasteiger partial charge >= 0.3 is 5.97 Å². The van der Waals surface area contributed by atoms with Crippen LogP contribution >= 0.6 is 0 Å². The number of aliphatic carboxylic acids is 1. The fourth-order valence-electron chi connectivity index (χ4n) is 8.58. The van der Waals surface area contributed by atoms with Gasteiger partial charge in [0, 0.05) is 51.4 Å². The zero-order chi connectivity index (χ0) is 43.2. The molecule has 0 amide bonds. The molecular weight excluding hydrogens is 734 g/mol. The molecule has 0 aliphatic carbocycles. The number of nitrogens with zero attached hydrogens (tertiary/aromatic N) is 1. The van der Waals surface area contributed by atoms with Crippen molar-refractivity contribution in [3.8, 4) is 0 Å². The Morgan fingerprint density at radius 2 is 1.43 bits per heavy atom. The van der Waals surface area contributed by atoms with Crippen molar-refractivity contribution in [3.05, 3.63) is 0 Å². The van der Waals surface area contributed by atoms with Crippen LogP contribution in [-0.2, 0) is 47.5 Å². The highest BCUT2D eigenvalue weighted by Gasteiger charge is 2.54. The van der Waals surface area contributed by atoms with Gasteiger partial charge in [0.05, 0.1) is 47.6 Å². The molecule has 56 heavy (non-hydrogen) atoms. The minimum absolute atomic E-state index is 0.111. The van der Waals surface area contributed by atoms with Crippen molar-refractivity contribution in [3.63, 3.8) is 0 Å². The lowest BCUT2D eigenvalue weighted by molar-refractivity contribution is -0.319. The summed E-state index contributed by atoms with van der Waals surface area (Å²) < 4.78 is 43.9. The number of carboxylic acids is 1. The number of esters is 1. The van der Waals surface area contributed by atoms with Gasteiger partial charge in [-0.15, -0.1) is 0 Å². The van der Waals surface area contributed by atoms with Crippen LogP contribution < -0.4 is 0 Å². The van der Waals surface area contributed by atoms with Gasteiger partial charge in [-0.2, -0.15) is 0 Å². The molecule has 3 rings (SSSR count). The molecule has 0 radical (unpaired) electrons. The first-order chi connectivity index (χ1) is 25.7. The molecule has 3 aliphatic heterocycles. The van der Waals surface area contributed by atoms with Crippen molar-refractivity contribution in [2.24, 2.45) is 23.7 Å². The largest absolute Gasteiger partial charge is 0.481 e. The Bertz CT molecular complexity index is 1280. The van der Waals surface area contributed by atoms with Crippen LogP contribution in [-0.4, -0.2) is 161 Å². The van der Waals surface area contributed by atoms with Crippen molar-refractivity contribution in [2.45, 2.75) is 186 Å². The summed E-state index contributed by atoms with van der Waals surface area (Å²) in [6.45, 7) is 18.1. The number of carbonyl (C=O) groups is 3. The first-order valence-corrected chi connectivity index (χ1v) is 19.8. The van der Waals surface area contributed by atoms with Crippen LogP contribution in [0.3, 0.4) is 0 Å². The molecule has 3 saturated heterocycles. The van der Waals surface area contributed by atoms with Crippen LogP contribution in [0.1, 0.15) is 102 Å².